The normalized spacial score (nSPS) is 13.6. The third-order valence-electron chi connectivity index (χ3n) is 2.88. The zero-order chi connectivity index (χ0) is 14.3. The lowest BCUT2D eigenvalue weighted by Gasteiger charge is -2.27. The largest absolute Gasteiger partial charge is 0.444 e. The van der Waals surface area contributed by atoms with Gasteiger partial charge in [-0.15, -0.1) is 0 Å². The number of carbonyl (C=O) groups is 1. The van der Waals surface area contributed by atoms with Gasteiger partial charge in [0.1, 0.15) is 5.60 Å². The topological polar surface area (TPSA) is 41.6 Å². The summed E-state index contributed by atoms with van der Waals surface area (Å²) >= 11 is 0. The Balaban J connectivity index is 4.08. The third kappa shape index (κ3) is 7.54. The van der Waals surface area contributed by atoms with Crippen molar-refractivity contribution in [2.24, 2.45) is 5.92 Å². The van der Waals surface area contributed by atoms with E-state index in [-0.39, 0.29) is 6.09 Å². The van der Waals surface area contributed by atoms with Crippen molar-refractivity contribution in [3.63, 3.8) is 0 Å². The molecule has 1 atom stereocenters. The lowest BCUT2D eigenvalue weighted by molar-refractivity contribution is 0.0260. The second-order valence-corrected chi connectivity index (χ2v) is 6.05. The van der Waals surface area contributed by atoms with Crippen molar-refractivity contribution in [3.05, 3.63) is 0 Å². The highest BCUT2D eigenvalue weighted by atomic mass is 16.6. The summed E-state index contributed by atoms with van der Waals surface area (Å²) < 4.78 is 5.35. The molecule has 0 spiro atoms. The lowest BCUT2D eigenvalue weighted by atomic mass is 10.1. The maximum Gasteiger partial charge on any atom is 0.410 e. The summed E-state index contributed by atoms with van der Waals surface area (Å²) in [6.45, 7) is 16.3. The minimum Gasteiger partial charge on any atom is -0.444 e. The van der Waals surface area contributed by atoms with Crippen molar-refractivity contribution in [3.8, 4) is 0 Å². The van der Waals surface area contributed by atoms with Gasteiger partial charge in [-0.1, -0.05) is 13.8 Å². The molecule has 0 rings (SSSR count). The molecule has 0 bridgehead atoms. The molecule has 0 heterocycles. The predicted octanol–water partition coefficient (Wildman–Crippen LogP) is 2.88. The highest BCUT2D eigenvalue weighted by Gasteiger charge is 2.20. The smallest absolute Gasteiger partial charge is 0.410 e. The Kier molecular flexibility index (Phi) is 7.29. The Labute approximate surface area is 112 Å². The van der Waals surface area contributed by atoms with Gasteiger partial charge in [0, 0.05) is 25.7 Å². The zero-order valence-electron chi connectivity index (χ0n) is 13.0. The lowest BCUT2D eigenvalue weighted by Crippen LogP contribution is -2.42. The van der Waals surface area contributed by atoms with Gasteiger partial charge in [0.2, 0.25) is 0 Å². The number of hydrogen-bond donors (Lipinski definition) is 1. The Morgan fingerprint density at radius 3 is 2.22 bits per heavy atom. The molecule has 1 N–H and O–H groups in total. The van der Waals surface area contributed by atoms with Crippen LogP contribution in [0.3, 0.4) is 0 Å². The number of carbonyl (C=O) groups excluding carboxylic acids is 1. The molecule has 0 saturated heterocycles. The van der Waals surface area contributed by atoms with Crippen molar-refractivity contribution in [2.75, 3.05) is 19.6 Å². The van der Waals surface area contributed by atoms with Gasteiger partial charge in [0.25, 0.3) is 0 Å². The Morgan fingerprint density at radius 1 is 1.28 bits per heavy atom. The molecular formula is C14H30N2O2. The van der Waals surface area contributed by atoms with E-state index < -0.39 is 5.60 Å². The Hall–Kier alpha value is -0.770. The number of rotatable bonds is 6. The van der Waals surface area contributed by atoms with Crippen molar-refractivity contribution in [1.82, 2.24) is 10.2 Å². The number of nitrogens with one attached hydrogen (secondary N) is 1. The third-order valence-corrected chi connectivity index (χ3v) is 2.88. The number of ether oxygens (including phenoxy) is 1. The molecule has 0 aliphatic rings. The molecule has 0 fully saturated rings. The average Bonchev–Trinajstić information content (AvgIpc) is 2.21. The fraction of sp³-hybridized carbons (Fsp3) is 0.929. The van der Waals surface area contributed by atoms with Crippen molar-refractivity contribution < 1.29 is 9.53 Å². The maximum atomic E-state index is 11.9. The van der Waals surface area contributed by atoms with E-state index in [1.807, 2.05) is 27.7 Å². The summed E-state index contributed by atoms with van der Waals surface area (Å²) in [6, 6.07) is 0.461. The Morgan fingerprint density at radius 2 is 1.83 bits per heavy atom. The van der Waals surface area contributed by atoms with E-state index in [1.54, 1.807) is 4.90 Å². The molecule has 4 nitrogen and oxygen atoms in total. The van der Waals surface area contributed by atoms with Crippen LogP contribution in [-0.2, 0) is 4.74 Å². The first-order valence-electron chi connectivity index (χ1n) is 6.88. The van der Waals surface area contributed by atoms with Gasteiger partial charge in [0.15, 0.2) is 0 Å². The van der Waals surface area contributed by atoms with Crippen molar-refractivity contribution in [1.29, 1.82) is 0 Å². The summed E-state index contributed by atoms with van der Waals surface area (Å²) in [5, 5.41) is 3.42. The molecule has 4 heteroatoms. The van der Waals surface area contributed by atoms with Crippen LogP contribution in [0.2, 0.25) is 0 Å². The molecule has 0 aromatic carbocycles. The second kappa shape index (κ2) is 7.62. The molecule has 0 aromatic heterocycles. The first-order valence-corrected chi connectivity index (χ1v) is 6.88. The van der Waals surface area contributed by atoms with Crippen LogP contribution in [0.4, 0.5) is 4.79 Å². The van der Waals surface area contributed by atoms with E-state index in [0.717, 1.165) is 6.54 Å². The van der Waals surface area contributed by atoms with Gasteiger partial charge >= 0.3 is 6.09 Å². The van der Waals surface area contributed by atoms with Crippen LogP contribution in [0, 0.1) is 5.92 Å². The van der Waals surface area contributed by atoms with Crippen LogP contribution in [0.5, 0.6) is 0 Å². The molecule has 108 valence electrons. The fourth-order valence-electron chi connectivity index (χ4n) is 1.37. The molecule has 0 saturated carbocycles. The van der Waals surface area contributed by atoms with Gasteiger partial charge in [-0.2, -0.15) is 0 Å². The predicted molar refractivity (Wildman–Crippen MR) is 75.8 cm³/mol. The van der Waals surface area contributed by atoms with Gasteiger partial charge < -0.3 is 15.0 Å². The minimum atomic E-state index is -0.427. The molecule has 0 aromatic rings. The zero-order valence-corrected chi connectivity index (χ0v) is 13.0. The van der Waals surface area contributed by atoms with E-state index >= 15 is 0 Å². The first-order chi connectivity index (χ1) is 8.17. The van der Waals surface area contributed by atoms with E-state index in [9.17, 15) is 4.79 Å². The highest BCUT2D eigenvalue weighted by Crippen LogP contribution is 2.09. The van der Waals surface area contributed by atoms with Gasteiger partial charge in [-0.05, 0) is 40.5 Å². The maximum absolute atomic E-state index is 11.9. The van der Waals surface area contributed by atoms with Gasteiger partial charge in [-0.25, -0.2) is 4.79 Å². The highest BCUT2D eigenvalue weighted by molar-refractivity contribution is 5.68. The molecule has 18 heavy (non-hydrogen) atoms. The fourth-order valence-corrected chi connectivity index (χ4v) is 1.37. The van der Waals surface area contributed by atoms with Crippen LogP contribution in [0.25, 0.3) is 0 Å². The summed E-state index contributed by atoms with van der Waals surface area (Å²) in [4.78, 5) is 13.6. The summed E-state index contributed by atoms with van der Waals surface area (Å²) in [7, 11) is 0. The van der Waals surface area contributed by atoms with Crippen molar-refractivity contribution >= 4 is 6.09 Å². The monoisotopic (exact) mass is 258 g/mol. The number of likely N-dealkylation sites (N-methyl/N-ethyl adjacent to an activating group) is 1. The SMILES string of the molecule is CCN(CCNC(C)C(C)C)C(=O)OC(C)(C)C. The summed E-state index contributed by atoms with van der Waals surface area (Å²) in [5.41, 5.74) is -0.427. The molecule has 0 aliphatic heterocycles. The van der Waals surface area contributed by atoms with E-state index in [0.29, 0.717) is 25.0 Å². The van der Waals surface area contributed by atoms with Gasteiger partial charge in [0.05, 0.1) is 0 Å². The first kappa shape index (κ1) is 17.2. The van der Waals surface area contributed by atoms with Crippen LogP contribution in [0.1, 0.15) is 48.5 Å². The minimum absolute atomic E-state index is 0.232. The standard InChI is InChI=1S/C14H30N2O2/c1-8-16(13(17)18-14(5,6)7)10-9-15-12(4)11(2)3/h11-12,15H,8-10H2,1-7H3. The number of nitrogens with zero attached hydrogens (tertiary/aromatic N) is 1. The van der Waals surface area contributed by atoms with E-state index in [1.165, 1.54) is 0 Å². The molecular weight excluding hydrogens is 228 g/mol. The summed E-state index contributed by atoms with van der Waals surface area (Å²) in [5.74, 6) is 0.599. The summed E-state index contributed by atoms with van der Waals surface area (Å²) in [6.07, 6.45) is -0.232. The second-order valence-electron chi connectivity index (χ2n) is 6.05. The van der Waals surface area contributed by atoms with Crippen LogP contribution in [0.15, 0.2) is 0 Å². The molecule has 0 radical (unpaired) electrons. The van der Waals surface area contributed by atoms with E-state index in [2.05, 4.69) is 26.1 Å². The molecule has 1 unspecified atom stereocenters. The molecule has 1 amide bonds. The van der Waals surface area contributed by atoms with E-state index in [4.69, 9.17) is 4.74 Å². The molecule has 0 aliphatic carbocycles. The number of amides is 1. The quantitative estimate of drug-likeness (QED) is 0.796. The van der Waals surface area contributed by atoms with Crippen molar-refractivity contribution in [2.45, 2.75) is 60.1 Å². The Bertz CT molecular complexity index is 247. The van der Waals surface area contributed by atoms with Crippen LogP contribution >= 0.6 is 0 Å². The average molecular weight is 258 g/mol. The van der Waals surface area contributed by atoms with Crippen LogP contribution in [-0.4, -0.2) is 42.3 Å². The van der Waals surface area contributed by atoms with Crippen LogP contribution < -0.4 is 5.32 Å². The number of hydrogen-bond acceptors (Lipinski definition) is 3. The van der Waals surface area contributed by atoms with Gasteiger partial charge in [-0.3, -0.25) is 0 Å².